The molecular formula is C14H26N2O3. The average molecular weight is 270 g/mol. The SMILES string of the molecule is COC(=O)C(C)(O)CN1CCN(C2CCCC2)CC1. The molecule has 0 radical (unpaired) electrons. The van der Waals surface area contributed by atoms with Crippen molar-refractivity contribution in [1.82, 2.24) is 9.80 Å². The van der Waals surface area contributed by atoms with Gasteiger partial charge >= 0.3 is 5.97 Å². The summed E-state index contributed by atoms with van der Waals surface area (Å²) in [6.07, 6.45) is 5.39. The van der Waals surface area contributed by atoms with Gasteiger partial charge in [-0.3, -0.25) is 9.80 Å². The van der Waals surface area contributed by atoms with Crippen molar-refractivity contribution in [2.45, 2.75) is 44.2 Å². The van der Waals surface area contributed by atoms with Crippen molar-refractivity contribution in [2.75, 3.05) is 39.8 Å². The number of hydrogen-bond acceptors (Lipinski definition) is 5. The van der Waals surface area contributed by atoms with E-state index in [1.807, 2.05) is 0 Å². The molecule has 1 aliphatic carbocycles. The highest BCUT2D eigenvalue weighted by molar-refractivity contribution is 5.78. The molecule has 2 rings (SSSR count). The molecule has 0 aromatic rings. The van der Waals surface area contributed by atoms with Gasteiger partial charge in [0, 0.05) is 38.8 Å². The van der Waals surface area contributed by atoms with E-state index in [9.17, 15) is 9.90 Å². The summed E-state index contributed by atoms with van der Waals surface area (Å²) >= 11 is 0. The lowest BCUT2D eigenvalue weighted by Gasteiger charge is -2.39. The van der Waals surface area contributed by atoms with Gasteiger partial charge < -0.3 is 9.84 Å². The first kappa shape index (κ1) is 14.8. The lowest BCUT2D eigenvalue weighted by Crippen LogP contribution is -2.55. The highest BCUT2D eigenvalue weighted by atomic mass is 16.5. The maximum absolute atomic E-state index is 11.5. The van der Waals surface area contributed by atoms with Crippen LogP contribution in [0.1, 0.15) is 32.6 Å². The van der Waals surface area contributed by atoms with E-state index in [4.69, 9.17) is 0 Å². The second-order valence-electron chi connectivity index (χ2n) is 6.02. The molecular weight excluding hydrogens is 244 g/mol. The van der Waals surface area contributed by atoms with Crippen molar-refractivity contribution >= 4 is 5.97 Å². The smallest absolute Gasteiger partial charge is 0.338 e. The van der Waals surface area contributed by atoms with Crippen LogP contribution in [-0.4, -0.2) is 72.4 Å². The quantitative estimate of drug-likeness (QED) is 0.753. The molecule has 5 nitrogen and oxygen atoms in total. The third kappa shape index (κ3) is 3.68. The number of hydrogen-bond donors (Lipinski definition) is 1. The molecule has 5 heteroatoms. The summed E-state index contributed by atoms with van der Waals surface area (Å²) in [4.78, 5) is 16.2. The zero-order valence-corrected chi connectivity index (χ0v) is 12.1. The maximum Gasteiger partial charge on any atom is 0.338 e. The number of carbonyl (C=O) groups is 1. The fourth-order valence-corrected chi connectivity index (χ4v) is 3.28. The lowest BCUT2D eigenvalue weighted by molar-refractivity contribution is -0.162. The third-order valence-corrected chi connectivity index (χ3v) is 4.40. The Morgan fingerprint density at radius 3 is 2.37 bits per heavy atom. The molecule has 110 valence electrons. The maximum atomic E-state index is 11.5. The first-order valence-corrected chi connectivity index (χ1v) is 7.30. The van der Waals surface area contributed by atoms with E-state index in [1.54, 1.807) is 0 Å². The summed E-state index contributed by atoms with van der Waals surface area (Å²) in [5, 5.41) is 10.1. The Balaban J connectivity index is 1.78. The number of aliphatic hydroxyl groups is 1. The zero-order valence-electron chi connectivity index (χ0n) is 12.1. The van der Waals surface area contributed by atoms with Gasteiger partial charge in [0.25, 0.3) is 0 Å². The van der Waals surface area contributed by atoms with E-state index >= 15 is 0 Å². The first-order chi connectivity index (χ1) is 9.03. The van der Waals surface area contributed by atoms with Crippen LogP contribution in [0.4, 0.5) is 0 Å². The molecule has 0 bridgehead atoms. The van der Waals surface area contributed by atoms with E-state index < -0.39 is 11.6 Å². The van der Waals surface area contributed by atoms with Gasteiger partial charge in [0.1, 0.15) is 0 Å². The second-order valence-corrected chi connectivity index (χ2v) is 6.02. The molecule has 19 heavy (non-hydrogen) atoms. The van der Waals surface area contributed by atoms with Crippen molar-refractivity contribution in [3.63, 3.8) is 0 Å². The Morgan fingerprint density at radius 1 is 1.26 bits per heavy atom. The van der Waals surface area contributed by atoms with E-state index in [0.717, 1.165) is 32.2 Å². The van der Waals surface area contributed by atoms with Crippen molar-refractivity contribution in [1.29, 1.82) is 0 Å². The molecule has 1 saturated heterocycles. The first-order valence-electron chi connectivity index (χ1n) is 7.30. The van der Waals surface area contributed by atoms with Crippen LogP contribution in [0.3, 0.4) is 0 Å². The second kappa shape index (κ2) is 6.20. The van der Waals surface area contributed by atoms with Crippen LogP contribution in [-0.2, 0) is 9.53 Å². The van der Waals surface area contributed by atoms with Crippen molar-refractivity contribution < 1.29 is 14.6 Å². The lowest BCUT2D eigenvalue weighted by atomic mass is 10.1. The standard InChI is InChI=1S/C14H26N2O3/c1-14(18,13(17)19-2)11-15-7-9-16(10-8-15)12-5-3-4-6-12/h12,18H,3-11H2,1-2H3. The zero-order chi connectivity index (χ0) is 13.9. The number of rotatable bonds is 4. The molecule has 1 aliphatic heterocycles. The van der Waals surface area contributed by atoms with Crippen LogP contribution in [0.25, 0.3) is 0 Å². The molecule has 1 unspecified atom stereocenters. The summed E-state index contributed by atoms with van der Waals surface area (Å²) in [6.45, 7) is 5.82. The Morgan fingerprint density at radius 2 is 1.84 bits per heavy atom. The summed E-state index contributed by atoms with van der Waals surface area (Å²) in [5.41, 5.74) is -1.40. The molecule has 1 heterocycles. The van der Waals surface area contributed by atoms with Crippen LogP contribution >= 0.6 is 0 Å². The normalized spacial score (nSPS) is 26.3. The van der Waals surface area contributed by atoms with Gasteiger partial charge in [-0.15, -0.1) is 0 Å². The van der Waals surface area contributed by atoms with Gasteiger partial charge in [-0.25, -0.2) is 4.79 Å². The Labute approximate surface area is 115 Å². The highest BCUT2D eigenvalue weighted by Gasteiger charge is 2.35. The van der Waals surface area contributed by atoms with Crippen molar-refractivity contribution in [3.05, 3.63) is 0 Å². The topological polar surface area (TPSA) is 53.0 Å². The van der Waals surface area contributed by atoms with Gasteiger partial charge in [-0.05, 0) is 19.8 Å². The number of esters is 1. The van der Waals surface area contributed by atoms with Gasteiger partial charge in [0.15, 0.2) is 5.60 Å². The van der Waals surface area contributed by atoms with Gasteiger partial charge in [-0.1, -0.05) is 12.8 Å². The van der Waals surface area contributed by atoms with E-state index in [2.05, 4.69) is 14.5 Å². The summed E-state index contributed by atoms with van der Waals surface area (Å²) in [7, 11) is 1.31. The van der Waals surface area contributed by atoms with E-state index in [1.165, 1.54) is 39.7 Å². The van der Waals surface area contributed by atoms with Gasteiger partial charge in [-0.2, -0.15) is 0 Å². The predicted molar refractivity (Wildman–Crippen MR) is 72.9 cm³/mol. The monoisotopic (exact) mass is 270 g/mol. The minimum absolute atomic E-state index is 0.359. The minimum Gasteiger partial charge on any atom is -0.467 e. The molecule has 2 fully saturated rings. The molecule has 1 N–H and O–H groups in total. The fourth-order valence-electron chi connectivity index (χ4n) is 3.28. The number of piperazine rings is 1. The number of methoxy groups -OCH3 is 1. The van der Waals surface area contributed by atoms with Crippen molar-refractivity contribution in [3.8, 4) is 0 Å². The minimum atomic E-state index is -1.40. The number of carbonyl (C=O) groups excluding carboxylic acids is 1. The van der Waals surface area contributed by atoms with Gasteiger partial charge in [0.05, 0.1) is 7.11 Å². The summed E-state index contributed by atoms with van der Waals surface area (Å²) in [6, 6.07) is 0.767. The molecule has 0 amide bonds. The summed E-state index contributed by atoms with van der Waals surface area (Å²) in [5.74, 6) is -0.550. The summed E-state index contributed by atoms with van der Waals surface area (Å²) < 4.78 is 4.63. The molecule has 0 aromatic carbocycles. The van der Waals surface area contributed by atoms with Crippen LogP contribution in [0.5, 0.6) is 0 Å². The third-order valence-electron chi connectivity index (χ3n) is 4.40. The molecule has 0 aromatic heterocycles. The van der Waals surface area contributed by atoms with Crippen LogP contribution < -0.4 is 0 Å². The number of nitrogens with zero attached hydrogens (tertiary/aromatic N) is 2. The van der Waals surface area contributed by atoms with E-state index in [0.29, 0.717) is 6.54 Å². The molecule has 1 saturated carbocycles. The Kier molecular flexibility index (Phi) is 4.81. The average Bonchev–Trinajstić information content (AvgIpc) is 2.92. The fraction of sp³-hybridized carbons (Fsp3) is 0.929. The van der Waals surface area contributed by atoms with Crippen LogP contribution in [0.2, 0.25) is 0 Å². The molecule has 1 atom stereocenters. The van der Waals surface area contributed by atoms with Crippen molar-refractivity contribution in [2.24, 2.45) is 0 Å². The molecule has 2 aliphatic rings. The Bertz CT molecular complexity index is 306. The van der Waals surface area contributed by atoms with Crippen LogP contribution in [0.15, 0.2) is 0 Å². The number of ether oxygens (including phenoxy) is 1. The van der Waals surface area contributed by atoms with Gasteiger partial charge in [0.2, 0.25) is 0 Å². The largest absolute Gasteiger partial charge is 0.467 e. The van der Waals surface area contributed by atoms with Crippen LogP contribution in [0, 0.1) is 0 Å². The Hall–Kier alpha value is -0.650. The van der Waals surface area contributed by atoms with E-state index in [-0.39, 0.29) is 0 Å². The predicted octanol–water partition coefficient (Wildman–Crippen LogP) is 0.471. The number of β-amino-alcohol motifs (C(OH)–C–C–N with tert-alkyl or cyclic N) is 1. The molecule has 0 spiro atoms. The highest BCUT2D eigenvalue weighted by Crippen LogP contribution is 2.24.